The molecule has 2 heterocycles. The zero-order chi connectivity index (χ0) is 23.8. The van der Waals surface area contributed by atoms with E-state index in [9.17, 15) is 9.18 Å². The van der Waals surface area contributed by atoms with Gasteiger partial charge in [-0.1, -0.05) is 18.2 Å². The van der Waals surface area contributed by atoms with Crippen LogP contribution in [0.2, 0.25) is 0 Å². The van der Waals surface area contributed by atoms with Gasteiger partial charge in [0.2, 0.25) is 0 Å². The van der Waals surface area contributed by atoms with Gasteiger partial charge in [0.15, 0.2) is 5.76 Å². The molecule has 33 heavy (non-hydrogen) atoms. The average Bonchev–Trinajstić information content (AvgIpc) is 3.22. The van der Waals surface area contributed by atoms with Gasteiger partial charge in [0.25, 0.3) is 5.91 Å². The van der Waals surface area contributed by atoms with Gasteiger partial charge in [-0.3, -0.25) is 4.79 Å². The summed E-state index contributed by atoms with van der Waals surface area (Å²) in [6, 6.07) is 12.0. The van der Waals surface area contributed by atoms with E-state index in [1.165, 1.54) is 12.1 Å². The van der Waals surface area contributed by atoms with E-state index in [1.54, 1.807) is 36.5 Å². The Labute approximate surface area is 193 Å². The first kappa shape index (κ1) is 22.6. The van der Waals surface area contributed by atoms with Crippen LogP contribution in [0.25, 0.3) is 11.8 Å². The summed E-state index contributed by atoms with van der Waals surface area (Å²) in [4.78, 5) is 19.5. The van der Waals surface area contributed by atoms with Crippen LogP contribution in [0.5, 0.6) is 5.75 Å². The minimum absolute atomic E-state index is 0.191. The van der Waals surface area contributed by atoms with E-state index < -0.39 is 5.54 Å². The fourth-order valence-corrected chi connectivity index (χ4v) is 4.07. The van der Waals surface area contributed by atoms with Crippen molar-refractivity contribution in [2.75, 3.05) is 13.7 Å². The first-order valence-electron chi connectivity index (χ1n) is 10.8. The Morgan fingerprint density at radius 3 is 2.58 bits per heavy atom. The van der Waals surface area contributed by atoms with E-state index in [-0.39, 0.29) is 23.6 Å². The number of aromatic nitrogens is 2. The molecule has 0 bridgehead atoms. The molecule has 1 aliphatic heterocycles. The molecule has 172 valence electrons. The number of carbonyl (C=O) groups is 1. The third-order valence-corrected chi connectivity index (χ3v) is 5.94. The lowest BCUT2D eigenvalue weighted by molar-refractivity contribution is -0.146. The van der Waals surface area contributed by atoms with Crippen LogP contribution in [0, 0.1) is 12.7 Å². The van der Waals surface area contributed by atoms with Crippen molar-refractivity contribution in [2.45, 2.75) is 39.3 Å². The van der Waals surface area contributed by atoms with Crippen LogP contribution in [0.4, 0.5) is 4.39 Å². The van der Waals surface area contributed by atoms with Crippen molar-refractivity contribution in [1.82, 2.24) is 14.5 Å². The number of nitrogens with zero attached hydrogens (tertiary/aromatic N) is 3. The van der Waals surface area contributed by atoms with Gasteiger partial charge in [-0.2, -0.15) is 0 Å². The Hall–Kier alpha value is -3.61. The van der Waals surface area contributed by atoms with Gasteiger partial charge in [-0.25, -0.2) is 9.37 Å². The molecule has 0 unspecified atom stereocenters. The predicted molar refractivity (Wildman–Crippen MR) is 125 cm³/mol. The molecule has 6 nitrogen and oxygen atoms in total. The van der Waals surface area contributed by atoms with Crippen molar-refractivity contribution in [3.05, 3.63) is 83.4 Å². The van der Waals surface area contributed by atoms with Crippen molar-refractivity contribution in [1.29, 1.82) is 0 Å². The second kappa shape index (κ2) is 8.73. The summed E-state index contributed by atoms with van der Waals surface area (Å²) >= 11 is 0. The SMILES string of the molecule is COc1cc(/C=C2\O[C@@H](C)CN(C(C)(C)c3ccc(F)cc3)C2=O)ccc1-n1cnc(C)c1. The highest BCUT2D eigenvalue weighted by atomic mass is 19.1. The summed E-state index contributed by atoms with van der Waals surface area (Å²) in [5.41, 5.74) is 2.76. The number of carbonyl (C=O) groups excluding carboxylic acids is 1. The number of hydrogen-bond acceptors (Lipinski definition) is 4. The van der Waals surface area contributed by atoms with Crippen LogP contribution in [0.1, 0.15) is 37.6 Å². The lowest BCUT2D eigenvalue weighted by Gasteiger charge is -2.43. The first-order valence-corrected chi connectivity index (χ1v) is 10.8. The third-order valence-electron chi connectivity index (χ3n) is 5.94. The van der Waals surface area contributed by atoms with E-state index >= 15 is 0 Å². The number of halogens is 1. The Morgan fingerprint density at radius 1 is 1.21 bits per heavy atom. The second-order valence-corrected chi connectivity index (χ2v) is 8.77. The van der Waals surface area contributed by atoms with Crippen molar-refractivity contribution in [3.8, 4) is 11.4 Å². The summed E-state index contributed by atoms with van der Waals surface area (Å²) in [7, 11) is 1.61. The van der Waals surface area contributed by atoms with Crippen LogP contribution in [0.3, 0.4) is 0 Å². The van der Waals surface area contributed by atoms with Gasteiger partial charge >= 0.3 is 0 Å². The van der Waals surface area contributed by atoms with Crippen LogP contribution >= 0.6 is 0 Å². The molecule has 7 heteroatoms. The maximum Gasteiger partial charge on any atom is 0.289 e. The van der Waals surface area contributed by atoms with E-state index in [4.69, 9.17) is 9.47 Å². The summed E-state index contributed by atoms with van der Waals surface area (Å²) in [5.74, 6) is 0.398. The monoisotopic (exact) mass is 449 g/mol. The summed E-state index contributed by atoms with van der Waals surface area (Å²) in [6.07, 6.45) is 5.19. The summed E-state index contributed by atoms with van der Waals surface area (Å²) < 4.78 is 26.8. The smallest absolute Gasteiger partial charge is 0.289 e. The predicted octanol–water partition coefficient (Wildman–Crippen LogP) is 4.85. The molecule has 1 aromatic heterocycles. The number of amides is 1. The lowest BCUT2D eigenvalue weighted by atomic mass is 9.91. The molecule has 3 aromatic rings. The molecule has 2 aromatic carbocycles. The number of benzene rings is 2. The van der Waals surface area contributed by atoms with Crippen LogP contribution < -0.4 is 4.74 Å². The molecule has 0 spiro atoms. The third kappa shape index (κ3) is 4.49. The highest BCUT2D eigenvalue weighted by molar-refractivity contribution is 5.97. The second-order valence-electron chi connectivity index (χ2n) is 8.77. The molecule has 1 amide bonds. The highest BCUT2D eigenvalue weighted by Gasteiger charge is 2.39. The number of rotatable bonds is 5. The molecule has 1 atom stereocenters. The van der Waals surface area contributed by atoms with Crippen LogP contribution in [0.15, 0.2) is 60.7 Å². The molecule has 0 saturated carbocycles. The zero-order valence-electron chi connectivity index (χ0n) is 19.5. The Balaban J connectivity index is 1.66. The molecule has 4 rings (SSSR count). The topological polar surface area (TPSA) is 56.6 Å². The van der Waals surface area contributed by atoms with Crippen molar-refractivity contribution >= 4 is 12.0 Å². The van der Waals surface area contributed by atoms with Gasteiger partial charge in [-0.15, -0.1) is 0 Å². The van der Waals surface area contributed by atoms with Gasteiger partial charge in [-0.05, 0) is 69.2 Å². The molecule has 1 saturated heterocycles. The van der Waals surface area contributed by atoms with E-state index in [2.05, 4.69) is 4.98 Å². The fraction of sp³-hybridized carbons (Fsp3) is 0.308. The Bertz CT molecular complexity index is 1200. The lowest BCUT2D eigenvalue weighted by Crippen LogP contribution is -2.53. The normalized spacial score (nSPS) is 17.9. The number of methoxy groups -OCH3 is 1. The number of morpholine rings is 1. The molecule has 1 aliphatic rings. The van der Waals surface area contributed by atoms with Crippen LogP contribution in [-0.2, 0) is 15.1 Å². The van der Waals surface area contributed by atoms with Gasteiger partial charge in [0, 0.05) is 6.20 Å². The maximum absolute atomic E-state index is 13.4. The van der Waals surface area contributed by atoms with Gasteiger partial charge < -0.3 is 18.9 Å². The van der Waals surface area contributed by atoms with Crippen LogP contribution in [-0.4, -0.2) is 40.1 Å². The zero-order valence-corrected chi connectivity index (χ0v) is 19.5. The number of aryl methyl sites for hydroxylation is 1. The van der Waals surface area contributed by atoms with Crippen molar-refractivity contribution in [3.63, 3.8) is 0 Å². The standard InChI is InChI=1S/C26H28FN3O3/c1-17-14-29(16-28-17)22-11-6-19(12-23(22)32-5)13-24-25(31)30(15-18(2)33-24)26(3,4)20-7-9-21(27)10-8-20/h6-14,16,18H,15H2,1-5H3/b24-13-/t18-/m0/s1. The summed E-state index contributed by atoms with van der Waals surface area (Å²) in [5, 5.41) is 0. The van der Waals surface area contributed by atoms with Crippen molar-refractivity contribution in [2.24, 2.45) is 0 Å². The minimum atomic E-state index is -0.636. The molecule has 0 N–H and O–H groups in total. The molecule has 0 aliphatic carbocycles. The van der Waals surface area contributed by atoms with Gasteiger partial charge in [0.1, 0.15) is 17.7 Å². The molecular formula is C26H28FN3O3. The molecule has 1 fully saturated rings. The van der Waals surface area contributed by atoms with E-state index in [0.29, 0.717) is 12.3 Å². The highest BCUT2D eigenvalue weighted by Crippen LogP contribution is 2.34. The summed E-state index contributed by atoms with van der Waals surface area (Å²) in [6.45, 7) is 8.20. The fourth-order valence-electron chi connectivity index (χ4n) is 4.07. The Morgan fingerprint density at radius 2 is 1.94 bits per heavy atom. The minimum Gasteiger partial charge on any atom is -0.495 e. The van der Waals surface area contributed by atoms with Crippen molar-refractivity contribution < 1.29 is 18.7 Å². The number of hydrogen-bond donors (Lipinski definition) is 0. The largest absolute Gasteiger partial charge is 0.495 e. The van der Waals surface area contributed by atoms with E-state index in [0.717, 1.165) is 22.5 Å². The first-order chi connectivity index (χ1) is 15.7. The van der Waals surface area contributed by atoms with E-state index in [1.807, 2.05) is 56.7 Å². The Kier molecular flexibility index (Phi) is 5.97. The maximum atomic E-state index is 13.4. The molecular weight excluding hydrogens is 421 g/mol. The quantitative estimate of drug-likeness (QED) is 0.523. The average molecular weight is 450 g/mol. The van der Waals surface area contributed by atoms with Gasteiger partial charge in [0.05, 0.1) is 36.9 Å². The number of imidazole rings is 1. The molecule has 0 radical (unpaired) electrons. The number of ether oxygens (including phenoxy) is 2.